The van der Waals surface area contributed by atoms with Crippen molar-refractivity contribution in [3.05, 3.63) is 39.0 Å². The van der Waals surface area contributed by atoms with E-state index in [-0.39, 0.29) is 11.9 Å². The van der Waals surface area contributed by atoms with Gasteiger partial charge in [0.05, 0.1) is 16.1 Å². The minimum absolute atomic E-state index is 0.0457. The number of likely N-dealkylation sites (tertiary alicyclic amines) is 1. The maximum atomic E-state index is 12.8. The van der Waals surface area contributed by atoms with Gasteiger partial charge in [0, 0.05) is 6.54 Å². The Morgan fingerprint density at radius 3 is 2.92 bits per heavy atom. The van der Waals surface area contributed by atoms with Crippen LogP contribution in [0.3, 0.4) is 0 Å². The highest BCUT2D eigenvalue weighted by Crippen LogP contribution is 2.35. The zero-order valence-electron chi connectivity index (χ0n) is 13.4. The molecule has 1 aliphatic rings. The first-order chi connectivity index (χ1) is 11.6. The number of thiazole rings is 1. The van der Waals surface area contributed by atoms with Crippen LogP contribution in [0.1, 0.15) is 45.7 Å². The molecule has 4 rings (SSSR count). The summed E-state index contributed by atoms with van der Waals surface area (Å²) in [5.74, 6) is 1.04. The Hall–Kier alpha value is -2.06. The Morgan fingerprint density at radius 1 is 1.33 bits per heavy atom. The standard InChI is InChI=1S/C16H16N4O2S2/c1-9-6-12(23-7-9)16(21)20-5-3-4-11(20)14-18-19-15(22-14)13-10(2)17-8-24-13/h6-8,11H,3-5H2,1-2H3/t11-/m1/s1. The van der Waals surface area contributed by atoms with Gasteiger partial charge in [-0.2, -0.15) is 0 Å². The number of aromatic nitrogens is 3. The summed E-state index contributed by atoms with van der Waals surface area (Å²) in [5, 5.41) is 10.3. The van der Waals surface area contributed by atoms with Gasteiger partial charge in [0.25, 0.3) is 11.8 Å². The van der Waals surface area contributed by atoms with Crippen LogP contribution in [0.4, 0.5) is 0 Å². The van der Waals surface area contributed by atoms with Crippen molar-refractivity contribution < 1.29 is 9.21 Å². The minimum atomic E-state index is -0.144. The van der Waals surface area contributed by atoms with E-state index in [0.717, 1.165) is 40.4 Å². The average molecular weight is 360 g/mol. The quantitative estimate of drug-likeness (QED) is 0.709. The first-order valence-corrected chi connectivity index (χ1v) is 9.49. The molecule has 0 saturated carbocycles. The molecular formula is C16H16N4O2S2. The second-order valence-electron chi connectivity index (χ2n) is 5.86. The van der Waals surface area contributed by atoms with Crippen molar-refractivity contribution in [3.8, 4) is 10.8 Å². The highest BCUT2D eigenvalue weighted by molar-refractivity contribution is 7.13. The van der Waals surface area contributed by atoms with Gasteiger partial charge in [-0.25, -0.2) is 4.98 Å². The third kappa shape index (κ3) is 2.65. The third-order valence-electron chi connectivity index (χ3n) is 4.12. The van der Waals surface area contributed by atoms with Gasteiger partial charge >= 0.3 is 0 Å². The van der Waals surface area contributed by atoms with Crippen LogP contribution in [0.2, 0.25) is 0 Å². The molecular weight excluding hydrogens is 344 g/mol. The van der Waals surface area contributed by atoms with Gasteiger partial charge < -0.3 is 9.32 Å². The largest absolute Gasteiger partial charge is 0.418 e. The van der Waals surface area contributed by atoms with E-state index in [9.17, 15) is 4.79 Å². The molecule has 8 heteroatoms. The highest BCUT2D eigenvalue weighted by atomic mass is 32.1. The predicted octanol–water partition coefficient (Wildman–Crippen LogP) is 3.85. The summed E-state index contributed by atoms with van der Waals surface area (Å²) in [6.07, 6.45) is 1.79. The number of carbonyl (C=O) groups is 1. The zero-order chi connectivity index (χ0) is 16.7. The molecule has 24 heavy (non-hydrogen) atoms. The van der Waals surface area contributed by atoms with Crippen LogP contribution in [0, 0.1) is 13.8 Å². The van der Waals surface area contributed by atoms with Crippen molar-refractivity contribution in [3.63, 3.8) is 0 Å². The maximum absolute atomic E-state index is 12.8. The van der Waals surface area contributed by atoms with Gasteiger partial charge in [0.1, 0.15) is 10.9 Å². The first-order valence-electron chi connectivity index (χ1n) is 7.73. The molecule has 0 unspecified atom stereocenters. The van der Waals surface area contributed by atoms with Crippen molar-refractivity contribution in [2.45, 2.75) is 32.7 Å². The van der Waals surface area contributed by atoms with Crippen LogP contribution in [0.5, 0.6) is 0 Å². The molecule has 1 saturated heterocycles. The molecule has 1 amide bonds. The van der Waals surface area contributed by atoms with Gasteiger partial charge in [0.15, 0.2) is 0 Å². The Labute approximate surface area is 147 Å². The van der Waals surface area contributed by atoms with Crippen LogP contribution >= 0.6 is 22.7 Å². The fourth-order valence-electron chi connectivity index (χ4n) is 2.92. The number of nitrogens with zero attached hydrogens (tertiary/aromatic N) is 4. The van der Waals surface area contributed by atoms with Crippen LogP contribution in [-0.2, 0) is 0 Å². The molecule has 3 aromatic heterocycles. The molecule has 1 fully saturated rings. The second kappa shape index (κ2) is 6.10. The monoisotopic (exact) mass is 360 g/mol. The Balaban J connectivity index is 1.60. The molecule has 0 radical (unpaired) electrons. The van der Waals surface area contributed by atoms with E-state index in [1.807, 2.05) is 30.2 Å². The molecule has 1 aliphatic heterocycles. The van der Waals surface area contributed by atoms with Crippen molar-refractivity contribution in [1.82, 2.24) is 20.1 Å². The molecule has 124 valence electrons. The number of amides is 1. The van der Waals surface area contributed by atoms with E-state index in [1.165, 1.54) is 22.7 Å². The van der Waals surface area contributed by atoms with Gasteiger partial charge in [-0.05, 0) is 43.7 Å². The number of rotatable bonds is 3. The van der Waals surface area contributed by atoms with Gasteiger partial charge in [-0.3, -0.25) is 4.79 Å². The van der Waals surface area contributed by atoms with E-state index >= 15 is 0 Å². The minimum Gasteiger partial charge on any atom is -0.418 e. The lowest BCUT2D eigenvalue weighted by Gasteiger charge is -2.21. The fourth-order valence-corrected chi connectivity index (χ4v) is 4.50. The molecule has 6 nitrogen and oxygen atoms in total. The molecule has 3 aromatic rings. The average Bonchev–Trinajstić information content (AvgIpc) is 3.32. The topological polar surface area (TPSA) is 72.1 Å². The van der Waals surface area contributed by atoms with Crippen molar-refractivity contribution in [1.29, 1.82) is 0 Å². The van der Waals surface area contributed by atoms with Crippen molar-refractivity contribution >= 4 is 28.6 Å². The Morgan fingerprint density at radius 2 is 2.21 bits per heavy atom. The second-order valence-corrected chi connectivity index (χ2v) is 7.62. The van der Waals surface area contributed by atoms with Crippen LogP contribution in [0.15, 0.2) is 21.4 Å². The summed E-state index contributed by atoms with van der Waals surface area (Å²) in [5.41, 5.74) is 3.75. The van der Waals surface area contributed by atoms with Gasteiger partial charge in [0.2, 0.25) is 5.89 Å². The lowest BCUT2D eigenvalue weighted by Crippen LogP contribution is -2.30. The lowest BCUT2D eigenvalue weighted by molar-refractivity contribution is 0.0721. The van der Waals surface area contributed by atoms with Crippen molar-refractivity contribution in [2.75, 3.05) is 6.54 Å². The van der Waals surface area contributed by atoms with Crippen LogP contribution in [0.25, 0.3) is 10.8 Å². The number of carbonyl (C=O) groups excluding carboxylic acids is 1. The van der Waals surface area contributed by atoms with E-state index in [0.29, 0.717) is 11.8 Å². The smallest absolute Gasteiger partial charge is 0.264 e. The summed E-state index contributed by atoms with van der Waals surface area (Å²) < 4.78 is 5.87. The van der Waals surface area contributed by atoms with Gasteiger partial charge in [-0.1, -0.05) is 0 Å². The van der Waals surface area contributed by atoms with Crippen molar-refractivity contribution in [2.24, 2.45) is 0 Å². The number of hydrogen-bond acceptors (Lipinski definition) is 7. The van der Waals surface area contributed by atoms with E-state index in [2.05, 4.69) is 15.2 Å². The summed E-state index contributed by atoms with van der Waals surface area (Å²) in [7, 11) is 0. The third-order valence-corrected chi connectivity index (χ3v) is 6.07. The Bertz CT molecular complexity index is 882. The summed E-state index contributed by atoms with van der Waals surface area (Å²) in [6.45, 7) is 4.63. The SMILES string of the molecule is Cc1csc(C(=O)N2CCC[C@@H]2c2nnc(-c3scnc3C)o2)c1. The summed E-state index contributed by atoms with van der Waals surface area (Å²) in [6, 6.07) is 1.79. The first kappa shape index (κ1) is 15.5. The lowest BCUT2D eigenvalue weighted by atomic mass is 10.2. The summed E-state index contributed by atoms with van der Waals surface area (Å²) in [4.78, 5) is 20.5. The highest BCUT2D eigenvalue weighted by Gasteiger charge is 2.35. The molecule has 0 aliphatic carbocycles. The van der Waals surface area contributed by atoms with E-state index in [4.69, 9.17) is 4.42 Å². The maximum Gasteiger partial charge on any atom is 0.264 e. The number of aryl methyl sites for hydroxylation is 2. The number of hydrogen-bond donors (Lipinski definition) is 0. The molecule has 0 bridgehead atoms. The normalized spacial score (nSPS) is 17.6. The molecule has 0 aromatic carbocycles. The van der Waals surface area contributed by atoms with E-state index < -0.39 is 0 Å². The van der Waals surface area contributed by atoms with Crippen LogP contribution in [-0.4, -0.2) is 32.5 Å². The molecule has 0 spiro atoms. The Kier molecular flexibility index (Phi) is 3.93. The van der Waals surface area contributed by atoms with Crippen LogP contribution < -0.4 is 0 Å². The molecule has 1 atom stereocenters. The summed E-state index contributed by atoms with van der Waals surface area (Å²) >= 11 is 2.96. The van der Waals surface area contributed by atoms with Gasteiger partial charge in [-0.15, -0.1) is 32.9 Å². The number of thiophene rings is 1. The van der Waals surface area contributed by atoms with E-state index in [1.54, 1.807) is 5.51 Å². The predicted molar refractivity (Wildman–Crippen MR) is 92.2 cm³/mol. The zero-order valence-corrected chi connectivity index (χ0v) is 15.0. The molecule has 0 N–H and O–H groups in total. The molecule has 4 heterocycles. The fraction of sp³-hybridized carbons (Fsp3) is 0.375.